The standard InChI is InChI=1S/C32H50O7/c1-18-12-15-31(24(34)38-8)16-22(33)29(6)19(23(31)30(18,7)36)10-11-21-27(4)17-32(37,25(35)39-9)26(2,3)20(27)13-14-28(21,29)5/h10,18,20-23,33,36-37H,11-17H2,1-9H3/t18-,20+,21-,22+,23-,27+,28-,29+,30-,31+,32-/m1/s1. The lowest BCUT2D eigenvalue weighted by Crippen LogP contribution is -2.70. The molecule has 0 unspecified atom stereocenters. The van der Waals surface area contributed by atoms with Gasteiger partial charge in [0.15, 0.2) is 5.60 Å². The first-order valence-electron chi connectivity index (χ1n) is 14.9. The van der Waals surface area contributed by atoms with Crippen molar-refractivity contribution in [2.24, 2.45) is 50.7 Å². The van der Waals surface area contributed by atoms with Crippen LogP contribution in [0.3, 0.4) is 0 Å². The van der Waals surface area contributed by atoms with Crippen molar-refractivity contribution in [2.75, 3.05) is 14.2 Å². The SMILES string of the molecule is COC(=O)[C@]12CC[C@@H](C)[C@@](C)(O)[C@H]1C1=CC[C@@H]3[C@@]4(C)C[C@@](O)(C(=O)OC)C(C)(C)[C@@H]4CC[C@@]3(C)[C@]1(C)[C@@H](O)C2. The van der Waals surface area contributed by atoms with Crippen LogP contribution in [0.2, 0.25) is 0 Å². The summed E-state index contributed by atoms with van der Waals surface area (Å²) in [6.07, 6.45) is 5.56. The molecule has 0 amide bonds. The van der Waals surface area contributed by atoms with Crippen molar-refractivity contribution in [1.82, 2.24) is 0 Å². The van der Waals surface area contributed by atoms with Crippen molar-refractivity contribution >= 4 is 11.9 Å². The van der Waals surface area contributed by atoms with E-state index in [1.807, 2.05) is 20.8 Å². The maximum Gasteiger partial charge on any atom is 0.338 e. The maximum absolute atomic E-state index is 13.5. The molecule has 7 heteroatoms. The molecule has 4 saturated carbocycles. The van der Waals surface area contributed by atoms with Gasteiger partial charge in [-0.25, -0.2) is 4.79 Å². The van der Waals surface area contributed by atoms with E-state index in [2.05, 4.69) is 33.8 Å². The first-order valence-corrected chi connectivity index (χ1v) is 14.9. The predicted molar refractivity (Wildman–Crippen MR) is 146 cm³/mol. The monoisotopic (exact) mass is 546 g/mol. The van der Waals surface area contributed by atoms with Crippen LogP contribution in [-0.4, -0.2) is 58.8 Å². The number of ether oxygens (including phenoxy) is 2. The Labute approximate surface area is 233 Å². The third-order valence-electron chi connectivity index (χ3n) is 14.1. The molecule has 0 saturated heterocycles. The fourth-order valence-corrected chi connectivity index (χ4v) is 11.5. The third-order valence-corrected chi connectivity index (χ3v) is 14.1. The van der Waals surface area contributed by atoms with Gasteiger partial charge in [-0.2, -0.15) is 0 Å². The second kappa shape index (κ2) is 8.32. The zero-order chi connectivity index (χ0) is 29.2. The molecule has 7 nitrogen and oxygen atoms in total. The molecule has 0 bridgehead atoms. The van der Waals surface area contributed by atoms with E-state index < -0.39 is 45.4 Å². The van der Waals surface area contributed by atoms with E-state index in [1.165, 1.54) is 14.2 Å². The van der Waals surface area contributed by atoms with Gasteiger partial charge in [0, 0.05) is 16.7 Å². The summed E-state index contributed by atoms with van der Waals surface area (Å²) in [6, 6.07) is 0. The maximum atomic E-state index is 13.5. The van der Waals surface area contributed by atoms with Crippen LogP contribution in [0.5, 0.6) is 0 Å². The van der Waals surface area contributed by atoms with E-state index in [0.29, 0.717) is 25.7 Å². The number of hydrogen-bond donors (Lipinski definition) is 3. The van der Waals surface area contributed by atoms with Gasteiger partial charge in [0.25, 0.3) is 0 Å². The summed E-state index contributed by atoms with van der Waals surface area (Å²) in [4.78, 5) is 26.5. The van der Waals surface area contributed by atoms with Crippen molar-refractivity contribution in [3.8, 4) is 0 Å². The summed E-state index contributed by atoms with van der Waals surface area (Å²) >= 11 is 0. The average Bonchev–Trinajstić information content (AvgIpc) is 3.02. The lowest BCUT2D eigenvalue weighted by atomic mass is 9.34. The Morgan fingerprint density at radius 1 is 0.923 bits per heavy atom. The Hall–Kier alpha value is -1.44. The Bertz CT molecular complexity index is 1110. The number of carbonyl (C=O) groups excluding carboxylic acids is 2. The molecule has 0 aromatic rings. The molecule has 220 valence electrons. The lowest BCUT2D eigenvalue weighted by Gasteiger charge is -2.70. The van der Waals surface area contributed by atoms with Crippen LogP contribution in [-0.2, 0) is 19.1 Å². The van der Waals surface area contributed by atoms with E-state index in [-0.39, 0.29) is 41.0 Å². The molecule has 39 heavy (non-hydrogen) atoms. The van der Waals surface area contributed by atoms with Crippen molar-refractivity contribution in [1.29, 1.82) is 0 Å². The van der Waals surface area contributed by atoms with Crippen LogP contribution in [0.25, 0.3) is 0 Å². The highest BCUT2D eigenvalue weighted by Gasteiger charge is 2.77. The fourth-order valence-electron chi connectivity index (χ4n) is 11.5. The minimum absolute atomic E-state index is 0.00912. The Morgan fingerprint density at radius 2 is 1.54 bits per heavy atom. The van der Waals surface area contributed by atoms with Crippen LogP contribution in [0.1, 0.15) is 93.4 Å². The molecule has 0 aromatic heterocycles. The van der Waals surface area contributed by atoms with Gasteiger partial charge < -0.3 is 24.8 Å². The number of carbonyl (C=O) groups is 2. The first-order chi connectivity index (χ1) is 17.9. The zero-order valence-electron chi connectivity index (χ0n) is 25.4. The molecule has 5 aliphatic carbocycles. The molecule has 4 fully saturated rings. The summed E-state index contributed by atoms with van der Waals surface area (Å²) < 4.78 is 10.5. The second-order valence-corrected chi connectivity index (χ2v) is 15.4. The van der Waals surface area contributed by atoms with E-state index in [9.17, 15) is 24.9 Å². The lowest BCUT2D eigenvalue weighted by molar-refractivity contribution is -0.224. The molecule has 0 radical (unpaired) electrons. The Morgan fingerprint density at radius 3 is 2.13 bits per heavy atom. The fraction of sp³-hybridized carbons (Fsp3) is 0.875. The second-order valence-electron chi connectivity index (χ2n) is 15.4. The zero-order valence-corrected chi connectivity index (χ0v) is 25.4. The van der Waals surface area contributed by atoms with Crippen molar-refractivity contribution in [2.45, 2.75) is 111 Å². The highest BCUT2D eigenvalue weighted by atomic mass is 16.5. The minimum Gasteiger partial charge on any atom is -0.469 e. The van der Waals surface area contributed by atoms with Crippen molar-refractivity contribution < 1.29 is 34.4 Å². The molecule has 0 spiro atoms. The van der Waals surface area contributed by atoms with Gasteiger partial charge in [0.2, 0.25) is 0 Å². The van der Waals surface area contributed by atoms with Crippen LogP contribution in [0.4, 0.5) is 0 Å². The first kappa shape index (κ1) is 29.1. The molecule has 11 atom stereocenters. The predicted octanol–water partition coefficient (Wildman–Crippen LogP) is 4.42. The molecule has 3 N–H and O–H groups in total. The smallest absolute Gasteiger partial charge is 0.338 e. The summed E-state index contributed by atoms with van der Waals surface area (Å²) in [5, 5.41) is 36.1. The van der Waals surface area contributed by atoms with Gasteiger partial charge in [0.05, 0.1) is 31.3 Å². The number of rotatable bonds is 2. The highest BCUT2D eigenvalue weighted by Crippen LogP contribution is 2.78. The van der Waals surface area contributed by atoms with Crippen molar-refractivity contribution in [3.63, 3.8) is 0 Å². The normalized spacial score (nSPS) is 53.8. The molecule has 0 aromatic carbocycles. The molecular weight excluding hydrogens is 496 g/mol. The molecular formula is C32H50O7. The Kier molecular flexibility index (Phi) is 6.20. The van der Waals surface area contributed by atoms with Gasteiger partial charge in [-0.3, -0.25) is 4.79 Å². The summed E-state index contributed by atoms with van der Waals surface area (Å²) in [7, 11) is 2.74. The van der Waals surface area contributed by atoms with Crippen LogP contribution in [0.15, 0.2) is 11.6 Å². The number of aliphatic hydroxyl groups excluding tert-OH is 1. The third kappa shape index (κ3) is 3.11. The number of hydrogen-bond acceptors (Lipinski definition) is 7. The van der Waals surface area contributed by atoms with Crippen LogP contribution in [0, 0.1) is 50.7 Å². The summed E-state index contributed by atoms with van der Waals surface area (Å²) in [5.74, 6) is -1.20. The average molecular weight is 547 g/mol. The summed E-state index contributed by atoms with van der Waals surface area (Å²) in [5.41, 5.74) is -4.82. The number of esters is 2. The number of methoxy groups -OCH3 is 2. The van der Waals surface area contributed by atoms with E-state index >= 15 is 0 Å². The van der Waals surface area contributed by atoms with Gasteiger partial charge in [-0.1, -0.05) is 53.2 Å². The minimum atomic E-state index is -1.59. The van der Waals surface area contributed by atoms with E-state index in [1.54, 1.807) is 0 Å². The molecule has 0 aliphatic heterocycles. The largest absolute Gasteiger partial charge is 0.469 e. The van der Waals surface area contributed by atoms with Crippen LogP contribution >= 0.6 is 0 Å². The summed E-state index contributed by atoms with van der Waals surface area (Å²) in [6.45, 7) is 14.5. The quantitative estimate of drug-likeness (QED) is 0.347. The molecule has 0 heterocycles. The topological polar surface area (TPSA) is 113 Å². The number of aliphatic hydroxyl groups is 3. The van der Waals surface area contributed by atoms with Gasteiger partial charge in [-0.05, 0) is 80.5 Å². The molecule has 5 aliphatic rings. The Balaban J connectivity index is 1.68. The van der Waals surface area contributed by atoms with Crippen LogP contribution < -0.4 is 0 Å². The number of allylic oxidation sites excluding steroid dienone is 1. The van der Waals surface area contributed by atoms with E-state index in [0.717, 1.165) is 18.4 Å². The van der Waals surface area contributed by atoms with Gasteiger partial charge in [-0.15, -0.1) is 0 Å². The number of fused-ring (bicyclic) bond motifs is 7. The van der Waals surface area contributed by atoms with Gasteiger partial charge >= 0.3 is 11.9 Å². The van der Waals surface area contributed by atoms with Gasteiger partial charge in [0.1, 0.15) is 0 Å². The van der Waals surface area contributed by atoms with Crippen molar-refractivity contribution in [3.05, 3.63) is 11.6 Å². The highest BCUT2D eigenvalue weighted by molar-refractivity contribution is 5.81. The molecule has 5 rings (SSSR count). The van der Waals surface area contributed by atoms with E-state index in [4.69, 9.17) is 9.47 Å².